The normalized spacial score (nSPS) is 11.5. The van der Waals surface area contributed by atoms with E-state index < -0.39 is 0 Å². The topological polar surface area (TPSA) is 30.2 Å². The number of hydrogen-bond acceptors (Lipinski definition) is 3. The van der Waals surface area contributed by atoms with Crippen LogP contribution in [-0.4, -0.2) is 14.6 Å². The monoisotopic (exact) mass is 299 g/mol. The first-order valence-electron chi connectivity index (χ1n) is 6.22. The molecule has 3 nitrogen and oxygen atoms in total. The largest absolute Gasteiger partial charge is 0.265 e. The molecule has 0 N–H and O–H groups in total. The molecular weight excluding hydrogens is 290 g/mol. The van der Waals surface area contributed by atoms with E-state index in [4.69, 9.17) is 11.6 Å². The molecular formula is C15H10ClN3S. The van der Waals surface area contributed by atoms with Gasteiger partial charge in [-0.15, -0.1) is 10.2 Å². The Balaban J connectivity index is 2.04. The van der Waals surface area contributed by atoms with E-state index in [1.807, 2.05) is 18.2 Å². The lowest BCUT2D eigenvalue weighted by Gasteiger charge is -2.00. The average Bonchev–Trinajstić information content (AvgIpc) is 2.98. The maximum atomic E-state index is 6.05. The van der Waals surface area contributed by atoms with Crippen molar-refractivity contribution in [2.24, 2.45) is 0 Å². The van der Waals surface area contributed by atoms with Crippen LogP contribution in [-0.2, 0) is 0 Å². The second-order valence-corrected chi connectivity index (χ2v) is 6.17. The summed E-state index contributed by atoms with van der Waals surface area (Å²) in [5, 5.41) is 9.33. The maximum Gasteiger partial charge on any atom is 0.217 e. The quantitative estimate of drug-likeness (QED) is 0.515. The number of hydrogen-bond donors (Lipinski definition) is 0. The summed E-state index contributed by atoms with van der Waals surface area (Å²) in [6.07, 6.45) is 0. The number of aryl methyl sites for hydroxylation is 1. The van der Waals surface area contributed by atoms with Crippen molar-refractivity contribution in [1.29, 1.82) is 0 Å². The standard InChI is InChI=1S/C15H10ClN3S/c1-9-2-4-10(5-3-9)14-17-18-15-19(14)12-7-6-11(16)8-13(12)20-15/h2-8H,1H3. The molecule has 20 heavy (non-hydrogen) atoms. The summed E-state index contributed by atoms with van der Waals surface area (Å²) in [6, 6.07) is 14.2. The summed E-state index contributed by atoms with van der Waals surface area (Å²) in [5.41, 5.74) is 3.39. The molecule has 0 amide bonds. The number of nitrogens with zero attached hydrogens (tertiary/aromatic N) is 3. The molecule has 98 valence electrons. The number of benzene rings is 2. The Bertz CT molecular complexity index is 922. The van der Waals surface area contributed by atoms with Crippen LogP contribution in [0.5, 0.6) is 0 Å². The first-order chi connectivity index (χ1) is 9.72. The van der Waals surface area contributed by atoms with Crippen LogP contribution >= 0.6 is 22.9 Å². The minimum atomic E-state index is 0.742. The van der Waals surface area contributed by atoms with Gasteiger partial charge in [-0.2, -0.15) is 0 Å². The highest BCUT2D eigenvalue weighted by molar-refractivity contribution is 7.23. The molecule has 5 heteroatoms. The molecule has 4 rings (SSSR count). The van der Waals surface area contributed by atoms with Crippen molar-refractivity contribution in [2.45, 2.75) is 6.92 Å². The van der Waals surface area contributed by atoms with Crippen molar-refractivity contribution in [1.82, 2.24) is 14.6 Å². The van der Waals surface area contributed by atoms with Gasteiger partial charge in [0, 0.05) is 10.6 Å². The van der Waals surface area contributed by atoms with Crippen molar-refractivity contribution in [3.05, 3.63) is 53.1 Å². The average molecular weight is 300 g/mol. The van der Waals surface area contributed by atoms with Crippen molar-refractivity contribution in [3.63, 3.8) is 0 Å². The molecule has 0 saturated heterocycles. The van der Waals surface area contributed by atoms with E-state index in [0.29, 0.717) is 0 Å². The zero-order chi connectivity index (χ0) is 13.7. The molecule has 0 saturated carbocycles. The van der Waals surface area contributed by atoms with Gasteiger partial charge in [-0.1, -0.05) is 52.8 Å². The molecule has 0 aliphatic rings. The molecule has 2 aromatic heterocycles. The lowest BCUT2D eigenvalue weighted by molar-refractivity contribution is 1.12. The third-order valence-corrected chi connectivity index (χ3v) is 4.54. The highest BCUT2D eigenvalue weighted by atomic mass is 35.5. The minimum absolute atomic E-state index is 0.742. The molecule has 0 fully saturated rings. The predicted molar refractivity (Wildman–Crippen MR) is 83.6 cm³/mol. The van der Waals surface area contributed by atoms with Crippen molar-refractivity contribution >= 4 is 38.1 Å². The Hall–Kier alpha value is -1.91. The van der Waals surface area contributed by atoms with E-state index in [-0.39, 0.29) is 0 Å². The number of rotatable bonds is 1. The van der Waals surface area contributed by atoms with Crippen LogP contribution in [0.25, 0.3) is 26.6 Å². The molecule has 2 aromatic carbocycles. The van der Waals surface area contributed by atoms with E-state index in [1.54, 1.807) is 11.3 Å². The second kappa shape index (κ2) is 4.30. The SMILES string of the molecule is Cc1ccc(-c2nnc3sc4cc(Cl)ccc4n23)cc1. The summed E-state index contributed by atoms with van der Waals surface area (Å²) in [7, 11) is 0. The highest BCUT2D eigenvalue weighted by Crippen LogP contribution is 2.31. The zero-order valence-corrected chi connectivity index (χ0v) is 12.2. The van der Waals surface area contributed by atoms with Crippen molar-refractivity contribution in [2.75, 3.05) is 0 Å². The molecule has 0 unspecified atom stereocenters. The predicted octanol–water partition coefficient (Wildman–Crippen LogP) is 4.57. The summed E-state index contributed by atoms with van der Waals surface area (Å²) >= 11 is 7.65. The smallest absolute Gasteiger partial charge is 0.217 e. The van der Waals surface area contributed by atoms with Gasteiger partial charge in [0.2, 0.25) is 4.96 Å². The lowest BCUT2D eigenvalue weighted by Crippen LogP contribution is -1.88. The van der Waals surface area contributed by atoms with E-state index >= 15 is 0 Å². The van der Waals surface area contributed by atoms with Crippen LogP contribution in [0.15, 0.2) is 42.5 Å². The molecule has 2 heterocycles. The van der Waals surface area contributed by atoms with E-state index in [1.165, 1.54) is 5.56 Å². The molecule has 0 aliphatic heterocycles. The molecule has 0 bridgehead atoms. The summed E-state index contributed by atoms with van der Waals surface area (Å²) in [4.78, 5) is 0.887. The summed E-state index contributed by atoms with van der Waals surface area (Å²) in [5.74, 6) is 0.869. The van der Waals surface area contributed by atoms with E-state index in [0.717, 1.165) is 31.6 Å². The van der Waals surface area contributed by atoms with Gasteiger partial charge >= 0.3 is 0 Å². The fourth-order valence-electron chi connectivity index (χ4n) is 2.30. The number of halogens is 1. The van der Waals surface area contributed by atoms with E-state index in [2.05, 4.69) is 45.8 Å². The Morgan fingerprint density at radius 1 is 1.05 bits per heavy atom. The van der Waals surface area contributed by atoms with Gasteiger partial charge in [-0.05, 0) is 25.1 Å². The van der Waals surface area contributed by atoms with Gasteiger partial charge < -0.3 is 0 Å². The fourth-order valence-corrected chi connectivity index (χ4v) is 3.54. The Kier molecular flexibility index (Phi) is 2.55. The molecule has 0 aliphatic carbocycles. The maximum absolute atomic E-state index is 6.05. The van der Waals surface area contributed by atoms with Crippen LogP contribution in [0.2, 0.25) is 5.02 Å². The van der Waals surface area contributed by atoms with Crippen molar-refractivity contribution < 1.29 is 0 Å². The first kappa shape index (κ1) is 11.9. The van der Waals surface area contributed by atoms with Crippen molar-refractivity contribution in [3.8, 4) is 11.4 Å². The van der Waals surface area contributed by atoms with Crippen LogP contribution in [0.4, 0.5) is 0 Å². The molecule has 0 radical (unpaired) electrons. The van der Waals surface area contributed by atoms with Gasteiger partial charge in [0.05, 0.1) is 10.2 Å². The zero-order valence-electron chi connectivity index (χ0n) is 10.7. The third-order valence-electron chi connectivity index (χ3n) is 3.31. The first-order valence-corrected chi connectivity index (χ1v) is 7.42. The van der Waals surface area contributed by atoms with Gasteiger partial charge in [0.25, 0.3) is 0 Å². The summed E-state index contributed by atoms with van der Waals surface area (Å²) in [6.45, 7) is 2.07. The molecule has 4 aromatic rings. The highest BCUT2D eigenvalue weighted by Gasteiger charge is 2.13. The molecule has 0 atom stereocenters. The minimum Gasteiger partial charge on any atom is -0.265 e. The van der Waals surface area contributed by atoms with Crippen LogP contribution in [0.1, 0.15) is 5.56 Å². The van der Waals surface area contributed by atoms with Gasteiger partial charge in [0.15, 0.2) is 5.82 Å². The van der Waals surface area contributed by atoms with Crippen LogP contribution < -0.4 is 0 Å². The van der Waals surface area contributed by atoms with Crippen LogP contribution in [0, 0.1) is 6.92 Å². The van der Waals surface area contributed by atoms with E-state index in [9.17, 15) is 0 Å². The number of aromatic nitrogens is 3. The fraction of sp³-hybridized carbons (Fsp3) is 0.0667. The summed E-state index contributed by atoms with van der Waals surface area (Å²) < 4.78 is 3.21. The van der Waals surface area contributed by atoms with Gasteiger partial charge in [0.1, 0.15) is 0 Å². The number of fused-ring (bicyclic) bond motifs is 3. The Morgan fingerprint density at radius 2 is 1.85 bits per heavy atom. The lowest BCUT2D eigenvalue weighted by atomic mass is 10.1. The molecule has 0 spiro atoms. The van der Waals surface area contributed by atoms with Gasteiger partial charge in [-0.25, -0.2) is 0 Å². The number of thiazole rings is 1. The Morgan fingerprint density at radius 3 is 2.65 bits per heavy atom. The Labute approximate surface area is 124 Å². The second-order valence-electron chi connectivity index (χ2n) is 4.72. The van der Waals surface area contributed by atoms with Gasteiger partial charge in [-0.3, -0.25) is 4.40 Å². The van der Waals surface area contributed by atoms with Crippen LogP contribution in [0.3, 0.4) is 0 Å². The third kappa shape index (κ3) is 1.72.